The number of hydrogen-bond acceptors (Lipinski definition) is 9. The van der Waals surface area contributed by atoms with Gasteiger partial charge in [0, 0.05) is 24.8 Å². The summed E-state index contributed by atoms with van der Waals surface area (Å²) in [4.78, 5) is 19.4. The number of carbonyl (C=O) groups is 1. The SMILES string of the molecule is COc1cc(COc2nn(-c3ccccc3)cc2CC(=O)N2CCOCC2)ccc1OCc1nc(-c2ccco2)oc1C. The van der Waals surface area contributed by atoms with Crippen molar-refractivity contribution >= 4 is 5.91 Å². The second-order valence-electron chi connectivity index (χ2n) is 9.97. The Morgan fingerprint density at radius 3 is 2.58 bits per heavy atom. The van der Waals surface area contributed by atoms with E-state index in [9.17, 15) is 4.79 Å². The predicted octanol–water partition coefficient (Wildman–Crippen LogP) is 5.00. The van der Waals surface area contributed by atoms with Crippen LogP contribution >= 0.6 is 0 Å². The van der Waals surface area contributed by atoms with Crippen molar-refractivity contribution in [2.24, 2.45) is 0 Å². The van der Waals surface area contributed by atoms with Crippen LogP contribution in [0.1, 0.15) is 22.6 Å². The van der Waals surface area contributed by atoms with Gasteiger partial charge in [-0.2, -0.15) is 0 Å². The van der Waals surface area contributed by atoms with E-state index in [2.05, 4.69) is 10.1 Å². The third kappa shape index (κ3) is 6.57. The lowest BCUT2D eigenvalue weighted by Gasteiger charge is -2.26. The van der Waals surface area contributed by atoms with Crippen LogP contribution in [-0.4, -0.2) is 59.0 Å². The molecule has 4 heterocycles. The van der Waals surface area contributed by atoms with Crippen LogP contribution < -0.4 is 14.2 Å². The van der Waals surface area contributed by atoms with E-state index >= 15 is 0 Å². The fourth-order valence-corrected chi connectivity index (χ4v) is 4.72. The number of aryl methyl sites for hydroxylation is 1. The minimum atomic E-state index is 0.0163. The number of ether oxygens (including phenoxy) is 4. The van der Waals surface area contributed by atoms with Gasteiger partial charge in [0.25, 0.3) is 5.89 Å². The van der Waals surface area contributed by atoms with Gasteiger partial charge >= 0.3 is 0 Å². The lowest BCUT2D eigenvalue weighted by molar-refractivity contribution is -0.134. The highest BCUT2D eigenvalue weighted by atomic mass is 16.5. The molecule has 11 nitrogen and oxygen atoms in total. The van der Waals surface area contributed by atoms with Gasteiger partial charge < -0.3 is 32.7 Å². The number of benzene rings is 2. The van der Waals surface area contributed by atoms with Gasteiger partial charge in [0.05, 0.1) is 38.7 Å². The molecule has 1 saturated heterocycles. The fourth-order valence-electron chi connectivity index (χ4n) is 4.72. The van der Waals surface area contributed by atoms with Crippen LogP contribution in [0.3, 0.4) is 0 Å². The number of methoxy groups -OCH3 is 1. The maximum atomic E-state index is 13.0. The number of amides is 1. The minimum absolute atomic E-state index is 0.0163. The zero-order valence-corrected chi connectivity index (χ0v) is 24.0. The second-order valence-corrected chi connectivity index (χ2v) is 9.97. The molecule has 0 N–H and O–H groups in total. The molecule has 1 fully saturated rings. The average molecular weight is 585 g/mol. The van der Waals surface area contributed by atoms with E-state index in [1.165, 1.54) is 0 Å². The molecular weight excluding hydrogens is 552 g/mol. The Hall–Kier alpha value is -5.03. The standard InChI is InChI=1S/C32H32N4O7/c1-22-26(33-32(43-22)28-9-6-14-40-28)21-41-27-11-10-23(17-29(27)38-2)20-42-31-24(18-30(37)35-12-15-39-16-13-35)19-36(34-31)25-7-4-3-5-8-25/h3-11,14,17,19H,12-13,15-16,18,20-21H2,1-2H3. The van der Waals surface area contributed by atoms with E-state index < -0.39 is 0 Å². The minimum Gasteiger partial charge on any atom is -0.493 e. The molecule has 5 aromatic rings. The highest BCUT2D eigenvalue weighted by molar-refractivity contribution is 5.79. The summed E-state index contributed by atoms with van der Waals surface area (Å²) in [6.07, 6.45) is 3.60. The summed E-state index contributed by atoms with van der Waals surface area (Å²) < 4.78 is 36.0. The number of nitrogens with zero attached hydrogens (tertiary/aromatic N) is 4. The van der Waals surface area contributed by atoms with Crippen LogP contribution in [0.25, 0.3) is 17.3 Å². The number of hydrogen-bond donors (Lipinski definition) is 0. The predicted molar refractivity (Wildman–Crippen MR) is 155 cm³/mol. The Balaban J connectivity index is 1.15. The van der Waals surface area contributed by atoms with Crippen molar-refractivity contribution in [2.75, 3.05) is 33.4 Å². The molecule has 43 heavy (non-hydrogen) atoms. The Morgan fingerprint density at radius 2 is 1.81 bits per heavy atom. The van der Waals surface area contributed by atoms with Gasteiger partial charge in [-0.25, -0.2) is 9.67 Å². The lowest BCUT2D eigenvalue weighted by atomic mass is 10.2. The first kappa shape index (κ1) is 28.1. The number of oxazole rings is 1. The summed E-state index contributed by atoms with van der Waals surface area (Å²) in [7, 11) is 1.58. The van der Waals surface area contributed by atoms with Crippen LogP contribution in [0, 0.1) is 6.92 Å². The van der Waals surface area contributed by atoms with Gasteiger partial charge in [0.2, 0.25) is 11.8 Å². The zero-order chi connectivity index (χ0) is 29.6. The van der Waals surface area contributed by atoms with Crippen molar-refractivity contribution in [3.8, 4) is 34.7 Å². The van der Waals surface area contributed by atoms with Crippen LogP contribution in [0.2, 0.25) is 0 Å². The van der Waals surface area contributed by atoms with Gasteiger partial charge in [-0.1, -0.05) is 24.3 Å². The third-order valence-electron chi connectivity index (χ3n) is 7.07. The molecule has 0 spiro atoms. The molecule has 1 aliphatic heterocycles. The fraction of sp³-hybridized carbons (Fsp3) is 0.281. The van der Waals surface area contributed by atoms with Gasteiger partial charge in [-0.05, 0) is 48.9 Å². The molecule has 0 saturated carbocycles. The molecule has 0 aliphatic carbocycles. The van der Waals surface area contributed by atoms with Crippen molar-refractivity contribution in [1.29, 1.82) is 0 Å². The molecule has 0 atom stereocenters. The largest absolute Gasteiger partial charge is 0.493 e. The van der Waals surface area contributed by atoms with E-state index in [-0.39, 0.29) is 25.5 Å². The molecule has 11 heteroatoms. The topological polar surface area (TPSA) is 114 Å². The number of aromatic nitrogens is 3. The van der Waals surface area contributed by atoms with Crippen molar-refractivity contribution < 1.29 is 32.6 Å². The Morgan fingerprint density at radius 1 is 0.977 bits per heavy atom. The normalized spacial score (nSPS) is 13.2. The van der Waals surface area contributed by atoms with Crippen LogP contribution in [-0.2, 0) is 29.2 Å². The molecule has 1 aliphatic rings. The molecule has 0 bridgehead atoms. The number of morpholine rings is 1. The van der Waals surface area contributed by atoms with Crippen LogP contribution in [0.4, 0.5) is 0 Å². The molecule has 0 unspecified atom stereocenters. The first-order valence-corrected chi connectivity index (χ1v) is 14.0. The quantitative estimate of drug-likeness (QED) is 0.212. The smallest absolute Gasteiger partial charge is 0.263 e. The summed E-state index contributed by atoms with van der Waals surface area (Å²) in [5.74, 6) is 3.12. The summed E-state index contributed by atoms with van der Waals surface area (Å²) in [5, 5.41) is 4.67. The zero-order valence-electron chi connectivity index (χ0n) is 24.0. The van der Waals surface area contributed by atoms with E-state index in [1.54, 1.807) is 30.2 Å². The summed E-state index contributed by atoms with van der Waals surface area (Å²) in [5.41, 5.74) is 3.10. The maximum absolute atomic E-state index is 13.0. The number of rotatable bonds is 11. The van der Waals surface area contributed by atoms with Crippen LogP contribution in [0.15, 0.2) is 82.0 Å². The first-order valence-electron chi connectivity index (χ1n) is 14.0. The average Bonchev–Trinajstić information content (AvgIpc) is 3.81. The number of carbonyl (C=O) groups excluding carboxylic acids is 1. The third-order valence-corrected chi connectivity index (χ3v) is 7.07. The summed E-state index contributed by atoms with van der Waals surface area (Å²) in [6.45, 7) is 4.50. The van der Waals surface area contributed by atoms with E-state index in [4.69, 9.17) is 27.8 Å². The molecule has 0 radical (unpaired) electrons. The Bertz CT molecular complexity index is 1650. The number of para-hydroxylation sites is 1. The molecular formula is C32H32N4O7. The summed E-state index contributed by atoms with van der Waals surface area (Å²) >= 11 is 0. The molecule has 222 valence electrons. The molecule has 2 aromatic carbocycles. The van der Waals surface area contributed by atoms with Gasteiger partial charge in [0.1, 0.15) is 24.7 Å². The Labute approximate surface area is 248 Å². The van der Waals surface area contributed by atoms with Crippen molar-refractivity contribution in [2.45, 2.75) is 26.6 Å². The first-order chi connectivity index (χ1) is 21.1. The Kier molecular flexibility index (Phi) is 8.41. The number of furan rings is 1. The van der Waals surface area contributed by atoms with E-state index in [1.807, 2.05) is 66.6 Å². The van der Waals surface area contributed by atoms with E-state index in [0.717, 1.165) is 11.3 Å². The van der Waals surface area contributed by atoms with Gasteiger partial charge in [0.15, 0.2) is 17.3 Å². The van der Waals surface area contributed by atoms with Gasteiger partial charge in [-0.3, -0.25) is 4.79 Å². The van der Waals surface area contributed by atoms with Crippen molar-refractivity contribution in [3.05, 3.63) is 95.7 Å². The molecule has 3 aromatic heterocycles. The van der Waals surface area contributed by atoms with E-state index in [0.29, 0.717) is 72.4 Å². The maximum Gasteiger partial charge on any atom is 0.263 e. The molecule has 6 rings (SSSR count). The van der Waals surface area contributed by atoms with Crippen LogP contribution in [0.5, 0.6) is 17.4 Å². The van der Waals surface area contributed by atoms with Gasteiger partial charge in [-0.15, -0.1) is 5.10 Å². The highest BCUT2D eigenvalue weighted by Gasteiger charge is 2.22. The van der Waals surface area contributed by atoms with Crippen molar-refractivity contribution in [3.63, 3.8) is 0 Å². The second kappa shape index (κ2) is 12.9. The summed E-state index contributed by atoms with van der Waals surface area (Å²) in [6, 6.07) is 18.9. The van der Waals surface area contributed by atoms with Crippen molar-refractivity contribution in [1.82, 2.24) is 19.7 Å². The lowest BCUT2D eigenvalue weighted by Crippen LogP contribution is -2.41. The monoisotopic (exact) mass is 584 g/mol. The highest BCUT2D eigenvalue weighted by Crippen LogP contribution is 2.31. The molecule has 1 amide bonds.